The van der Waals surface area contributed by atoms with Crippen LogP contribution in [-0.2, 0) is 14.3 Å². The summed E-state index contributed by atoms with van der Waals surface area (Å²) in [7, 11) is 0. The second-order valence-electron chi connectivity index (χ2n) is 10.9. The first-order chi connectivity index (χ1) is 18.9. The average molecular weight is 556 g/mol. The lowest BCUT2D eigenvalue weighted by Crippen LogP contribution is -2.49. The lowest BCUT2D eigenvalue weighted by atomic mass is 10.0. The lowest BCUT2D eigenvalue weighted by molar-refractivity contribution is -0.208. The van der Waals surface area contributed by atoms with Crippen molar-refractivity contribution in [1.82, 2.24) is 5.32 Å². The van der Waals surface area contributed by atoms with Crippen molar-refractivity contribution in [3.63, 3.8) is 0 Å². The normalized spacial score (nSPS) is 20.9. The summed E-state index contributed by atoms with van der Waals surface area (Å²) >= 11 is 0. The number of amides is 1. The molecule has 5 N–H and O–H groups in total. The first-order valence-electron chi connectivity index (χ1n) is 15.6. The van der Waals surface area contributed by atoms with Gasteiger partial charge in [0.15, 0.2) is 5.76 Å². The number of carbonyl (C=O) groups excluding carboxylic acids is 1. The van der Waals surface area contributed by atoms with Gasteiger partial charge in [-0.2, -0.15) is 0 Å². The molecule has 1 amide bonds. The van der Waals surface area contributed by atoms with Gasteiger partial charge in [0.1, 0.15) is 18.5 Å². The van der Waals surface area contributed by atoms with Crippen LogP contribution in [0.5, 0.6) is 0 Å². The van der Waals surface area contributed by atoms with Crippen LogP contribution in [0.1, 0.15) is 129 Å². The zero-order valence-corrected chi connectivity index (χ0v) is 24.6. The molecule has 0 aromatic heterocycles. The van der Waals surface area contributed by atoms with Crippen LogP contribution in [0.3, 0.4) is 0 Å². The van der Waals surface area contributed by atoms with E-state index in [0.717, 1.165) is 57.6 Å². The molecule has 0 fully saturated rings. The number of unbranched alkanes of at least 4 members (excludes halogenated alkanes) is 15. The van der Waals surface area contributed by atoms with Crippen LogP contribution >= 0.6 is 0 Å². The summed E-state index contributed by atoms with van der Waals surface area (Å²) in [4.78, 5) is 12.5. The van der Waals surface area contributed by atoms with Crippen molar-refractivity contribution in [2.75, 3.05) is 6.61 Å². The van der Waals surface area contributed by atoms with Gasteiger partial charge in [-0.05, 0) is 19.3 Å². The predicted molar refractivity (Wildman–Crippen MR) is 155 cm³/mol. The molecule has 1 aliphatic rings. The number of rotatable bonds is 24. The van der Waals surface area contributed by atoms with Crippen molar-refractivity contribution >= 4 is 5.91 Å². The Morgan fingerprint density at radius 3 is 2.05 bits per heavy atom. The summed E-state index contributed by atoms with van der Waals surface area (Å²) in [6, 6.07) is -0.742. The van der Waals surface area contributed by atoms with Gasteiger partial charge in [0.25, 0.3) is 0 Å². The van der Waals surface area contributed by atoms with E-state index in [9.17, 15) is 25.2 Å². The van der Waals surface area contributed by atoms with E-state index < -0.39 is 36.4 Å². The van der Waals surface area contributed by atoms with Crippen molar-refractivity contribution in [3.8, 4) is 0 Å². The third-order valence-electron chi connectivity index (χ3n) is 7.24. The number of ether oxygens (including phenoxy) is 2. The molecule has 0 bridgehead atoms. The third-order valence-corrected chi connectivity index (χ3v) is 7.24. The molecule has 0 saturated carbocycles. The molecule has 228 valence electrons. The van der Waals surface area contributed by atoms with Gasteiger partial charge in [0.2, 0.25) is 12.2 Å². The minimum atomic E-state index is -1.52. The van der Waals surface area contributed by atoms with Gasteiger partial charge in [0, 0.05) is 6.42 Å². The first kappa shape index (κ1) is 35.4. The second-order valence-corrected chi connectivity index (χ2v) is 10.9. The van der Waals surface area contributed by atoms with Crippen LogP contribution in [0, 0.1) is 0 Å². The molecule has 0 aliphatic carbocycles. The van der Waals surface area contributed by atoms with Crippen LogP contribution in [-0.4, -0.2) is 63.6 Å². The van der Waals surface area contributed by atoms with Crippen LogP contribution < -0.4 is 5.32 Å². The Morgan fingerprint density at radius 2 is 1.46 bits per heavy atom. The monoisotopic (exact) mass is 555 g/mol. The maximum Gasteiger partial charge on any atom is 0.228 e. The number of hydrogen-bond donors (Lipinski definition) is 5. The molecule has 0 spiro atoms. The largest absolute Gasteiger partial charge is 0.506 e. The molecule has 39 heavy (non-hydrogen) atoms. The summed E-state index contributed by atoms with van der Waals surface area (Å²) < 4.78 is 10.7. The standard InChI is InChI=1S/C31H57NO7/c1-3-5-7-9-10-11-12-13-14-15-16-18-19-21-26(33)25(32-28(35)22-20-17-8-6-4-2)23-38-31-30(37)29(36)27(34)24-39-31/h19,21,24-26,29-31,33-34,36-37H,3-18,20,22-23H2,1-2H3,(H,32,35)/b21-19+/t25-,26+,29?,30?,31?/m0/s1. The molecule has 5 atom stereocenters. The van der Waals surface area contributed by atoms with Crippen LogP contribution in [0.2, 0.25) is 0 Å². The SMILES string of the molecule is CCCCCCCCCCCCC/C=C/[C@@H](O)[C@H](COC1OC=C(O)C(O)C1O)NC(=O)CCCCCCC. The van der Waals surface area contributed by atoms with E-state index in [0.29, 0.717) is 6.42 Å². The van der Waals surface area contributed by atoms with Crippen molar-refractivity contribution in [3.05, 3.63) is 24.2 Å². The van der Waals surface area contributed by atoms with Crippen LogP contribution in [0.15, 0.2) is 24.2 Å². The Hall–Kier alpha value is -1.61. The van der Waals surface area contributed by atoms with Crippen molar-refractivity contribution in [2.45, 2.75) is 160 Å². The van der Waals surface area contributed by atoms with Gasteiger partial charge < -0.3 is 35.2 Å². The molecule has 3 unspecified atom stereocenters. The van der Waals surface area contributed by atoms with E-state index in [1.54, 1.807) is 6.08 Å². The lowest BCUT2D eigenvalue weighted by Gasteiger charge is -2.31. The molecular formula is C31H57NO7. The van der Waals surface area contributed by atoms with Gasteiger partial charge in [0.05, 0.1) is 18.8 Å². The maximum atomic E-state index is 12.5. The Kier molecular flexibility index (Phi) is 21.0. The number of allylic oxidation sites excluding steroid dienone is 1. The van der Waals surface area contributed by atoms with E-state index in [2.05, 4.69) is 19.2 Å². The Labute approximate surface area is 236 Å². The number of hydrogen-bond acceptors (Lipinski definition) is 7. The van der Waals surface area contributed by atoms with Gasteiger partial charge in [-0.15, -0.1) is 0 Å². The summed E-state index contributed by atoms with van der Waals surface area (Å²) in [6.07, 6.45) is 19.8. The molecule has 0 aromatic rings. The van der Waals surface area contributed by atoms with Crippen molar-refractivity contribution < 1.29 is 34.7 Å². The summed E-state index contributed by atoms with van der Waals surface area (Å²) in [5.74, 6) is -0.652. The summed E-state index contributed by atoms with van der Waals surface area (Å²) in [5.41, 5.74) is 0. The van der Waals surface area contributed by atoms with Gasteiger partial charge in [-0.1, -0.05) is 116 Å². The summed E-state index contributed by atoms with van der Waals surface area (Å²) in [5, 5.41) is 43.1. The fraction of sp³-hybridized carbons (Fsp3) is 0.839. The topological polar surface area (TPSA) is 128 Å². The highest BCUT2D eigenvalue weighted by molar-refractivity contribution is 5.76. The van der Waals surface area contributed by atoms with E-state index in [1.807, 2.05) is 6.08 Å². The Morgan fingerprint density at radius 1 is 0.923 bits per heavy atom. The van der Waals surface area contributed by atoms with E-state index in [4.69, 9.17) is 9.47 Å². The van der Waals surface area contributed by atoms with Gasteiger partial charge >= 0.3 is 0 Å². The highest BCUT2D eigenvalue weighted by Gasteiger charge is 2.36. The van der Waals surface area contributed by atoms with Gasteiger partial charge in [-0.25, -0.2) is 0 Å². The van der Waals surface area contributed by atoms with E-state index >= 15 is 0 Å². The first-order valence-corrected chi connectivity index (χ1v) is 15.6. The van der Waals surface area contributed by atoms with E-state index in [-0.39, 0.29) is 12.5 Å². The number of aliphatic hydroxyl groups is 4. The fourth-order valence-corrected chi connectivity index (χ4v) is 4.64. The quantitative estimate of drug-likeness (QED) is 0.0736. The Bertz CT molecular complexity index is 669. The number of aliphatic hydroxyl groups excluding tert-OH is 4. The highest BCUT2D eigenvalue weighted by Crippen LogP contribution is 2.19. The Balaban J connectivity index is 2.42. The molecule has 1 heterocycles. The molecule has 8 heteroatoms. The molecule has 0 saturated heterocycles. The van der Waals surface area contributed by atoms with E-state index in [1.165, 1.54) is 57.8 Å². The number of nitrogens with one attached hydrogen (secondary N) is 1. The molecule has 0 aromatic carbocycles. The second kappa shape index (κ2) is 23.1. The third kappa shape index (κ3) is 16.9. The average Bonchev–Trinajstić information content (AvgIpc) is 2.92. The minimum absolute atomic E-state index is 0.130. The molecule has 0 radical (unpaired) electrons. The fourth-order valence-electron chi connectivity index (χ4n) is 4.64. The smallest absolute Gasteiger partial charge is 0.228 e. The summed E-state index contributed by atoms with van der Waals surface area (Å²) in [6.45, 7) is 4.26. The minimum Gasteiger partial charge on any atom is -0.506 e. The number of carbonyl (C=O) groups is 1. The molecule has 1 aliphatic heterocycles. The van der Waals surface area contributed by atoms with Crippen molar-refractivity contribution in [2.24, 2.45) is 0 Å². The highest BCUT2D eigenvalue weighted by atomic mass is 16.7. The molecule has 1 rings (SSSR count). The van der Waals surface area contributed by atoms with Gasteiger partial charge in [-0.3, -0.25) is 4.79 Å². The molecular weight excluding hydrogens is 498 g/mol. The zero-order valence-electron chi connectivity index (χ0n) is 24.6. The zero-order chi connectivity index (χ0) is 28.7. The molecule has 8 nitrogen and oxygen atoms in total. The van der Waals surface area contributed by atoms with Crippen LogP contribution in [0.4, 0.5) is 0 Å². The van der Waals surface area contributed by atoms with Crippen LogP contribution in [0.25, 0.3) is 0 Å². The van der Waals surface area contributed by atoms with Crippen molar-refractivity contribution in [1.29, 1.82) is 0 Å². The maximum absolute atomic E-state index is 12.5. The predicted octanol–water partition coefficient (Wildman–Crippen LogP) is 5.94.